The number of hydrazine groups is 1. The fourth-order valence-corrected chi connectivity index (χ4v) is 4.31. The Balaban J connectivity index is 1.67. The van der Waals surface area contributed by atoms with E-state index in [0.717, 1.165) is 24.6 Å². The normalized spacial score (nSPS) is 19.7. The van der Waals surface area contributed by atoms with E-state index in [9.17, 15) is 14.4 Å². The molecule has 11 nitrogen and oxygen atoms in total. The highest BCUT2D eigenvalue weighted by molar-refractivity contribution is 8.14. The fourth-order valence-electron chi connectivity index (χ4n) is 3.54. The zero-order chi connectivity index (χ0) is 21.3. The van der Waals surface area contributed by atoms with Crippen LogP contribution in [0.4, 0.5) is 10.5 Å². The van der Waals surface area contributed by atoms with Crippen LogP contribution in [0.2, 0.25) is 0 Å². The molecule has 30 heavy (non-hydrogen) atoms. The molecule has 2 aliphatic rings. The van der Waals surface area contributed by atoms with Crippen LogP contribution >= 0.6 is 11.8 Å². The van der Waals surface area contributed by atoms with Gasteiger partial charge in [-0.3, -0.25) is 14.4 Å². The molecular formula is C18H23N7O4S. The maximum Gasteiger partial charge on any atom is 0.279 e. The van der Waals surface area contributed by atoms with Crippen molar-refractivity contribution < 1.29 is 19.1 Å². The number of amides is 3. The maximum atomic E-state index is 13.1. The first-order chi connectivity index (χ1) is 14.5. The second kappa shape index (κ2) is 8.58. The summed E-state index contributed by atoms with van der Waals surface area (Å²) in [5.41, 5.74) is 1.36. The van der Waals surface area contributed by atoms with Crippen LogP contribution in [-0.2, 0) is 16.1 Å². The lowest BCUT2D eigenvalue weighted by Gasteiger charge is -2.26. The molecule has 2 aromatic heterocycles. The van der Waals surface area contributed by atoms with Gasteiger partial charge >= 0.3 is 0 Å². The number of hydrogen-bond donors (Lipinski definition) is 3. The van der Waals surface area contributed by atoms with Crippen LogP contribution in [0.1, 0.15) is 30.1 Å². The molecule has 0 bridgehead atoms. The average molecular weight is 433 g/mol. The third-order valence-corrected chi connectivity index (χ3v) is 6.07. The zero-order valence-corrected chi connectivity index (χ0v) is 17.3. The Morgan fingerprint density at radius 3 is 2.83 bits per heavy atom. The summed E-state index contributed by atoms with van der Waals surface area (Å²) in [6.07, 6.45) is 4.64. The topological polar surface area (TPSA) is 144 Å². The molecular weight excluding hydrogens is 410 g/mol. The van der Waals surface area contributed by atoms with E-state index >= 15 is 0 Å². The van der Waals surface area contributed by atoms with Crippen molar-refractivity contribution >= 4 is 45.5 Å². The Morgan fingerprint density at radius 2 is 2.17 bits per heavy atom. The lowest BCUT2D eigenvalue weighted by Crippen LogP contribution is -2.51. The Bertz CT molecular complexity index is 988. The quantitative estimate of drug-likeness (QED) is 0.269. The molecule has 0 aromatic carbocycles. The molecule has 0 saturated carbocycles. The van der Waals surface area contributed by atoms with Gasteiger partial charge in [0.1, 0.15) is 6.04 Å². The van der Waals surface area contributed by atoms with Crippen LogP contribution in [-0.4, -0.2) is 67.9 Å². The van der Waals surface area contributed by atoms with Gasteiger partial charge in [0, 0.05) is 37.8 Å². The number of fused-ring (bicyclic) bond motifs is 1. The van der Waals surface area contributed by atoms with E-state index < -0.39 is 17.9 Å². The summed E-state index contributed by atoms with van der Waals surface area (Å²) in [5, 5.41) is 11.2. The third-order valence-electron chi connectivity index (χ3n) is 5.19. The second-order valence-corrected chi connectivity index (χ2v) is 8.08. The number of imide groups is 1. The SMILES string of the molecule is CCn1ncc2c(NC3CCOCC3)c(C(=O)N(N)C(=O)C3CSC(=O)N3)cnc21. The molecule has 1 atom stereocenters. The van der Waals surface area contributed by atoms with Crippen molar-refractivity contribution in [3.8, 4) is 0 Å². The van der Waals surface area contributed by atoms with Gasteiger partial charge < -0.3 is 15.4 Å². The highest BCUT2D eigenvalue weighted by Crippen LogP contribution is 2.29. The van der Waals surface area contributed by atoms with Gasteiger partial charge in [-0.25, -0.2) is 20.5 Å². The van der Waals surface area contributed by atoms with Gasteiger partial charge in [-0.2, -0.15) is 5.10 Å². The lowest BCUT2D eigenvalue weighted by molar-refractivity contribution is -0.130. The molecule has 12 heteroatoms. The lowest BCUT2D eigenvalue weighted by atomic mass is 10.1. The number of nitrogens with one attached hydrogen (secondary N) is 2. The van der Waals surface area contributed by atoms with Crippen LogP contribution in [0, 0.1) is 0 Å². The molecule has 3 amide bonds. The van der Waals surface area contributed by atoms with Crippen LogP contribution in [0.15, 0.2) is 12.4 Å². The van der Waals surface area contributed by atoms with Crippen LogP contribution in [0.25, 0.3) is 11.0 Å². The number of aryl methyl sites for hydroxylation is 1. The van der Waals surface area contributed by atoms with Crippen LogP contribution < -0.4 is 16.5 Å². The number of pyridine rings is 1. The van der Waals surface area contributed by atoms with Crippen molar-refractivity contribution in [2.45, 2.75) is 38.4 Å². The van der Waals surface area contributed by atoms with Gasteiger partial charge in [-0.1, -0.05) is 11.8 Å². The maximum absolute atomic E-state index is 13.1. The number of thioether (sulfide) groups is 1. The highest BCUT2D eigenvalue weighted by atomic mass is 32.2. The smallest absolute Gasteiger partial charge is 0.279 e. The minimum atomic E-state index is -0.831. The summed E-state index contributed by atoms with van der Waals surface area (Å²) < 4.78 is 7.15. The molecule has 2 saturated heterocycles. The summed E-state index contributed by atoms with van der Waals surface area (Å²) >= 11 is 0.980. The molecule has 4 heterocycles. The minimum absolute atomic E-state index is 0.105. The Labute approximate surface area is 176 Å². The second-order valence-electron chi connectivity index (χ2n) is 7.08. The standard InChI is InChI=1S/C18H23N7O4S/c1-2-24-15-11(8-21-24)14(22-10-3-5-29-6-4-10)12(7-20-15)16(26)25(19)17(27)13-9-30-18(28)23-13/h7-8,10,13H,2-6,9,19H2,1H3,(H,20,22)(H,23,28). The number of ether oxygens (including phenoxy) is 1. The fraction of sp³-hybridized carbons (Fsp3) is 0.500. The molecule has 4 rings (SSSR count). The molecule has 4 N–H and O–H groups in total. The molecule has 0 aliphatic carbocycles. The summed E-state index contributed by atoms with van der Waals surface area (Å²) in [6.45, 7) is 3.84. The van der Waals surface area contributed by atoms with E-state index in [1.165, 1.54) is 6.20 Å². The third kappa shape index (κ3) is 3.85. The zero-order valence-electron chi connectivity index (χ0n) is 16.5. The first-order valence-electron chi connectivity index (χ1n) is 9.74. The Kier molecular flexibility index (Phi) is 5.88. The van der Waals surface area contributed by atoms with Crippen molar-refractivity contribution in [3.05, 3.63) is 18.0 Å². The number of rotatable bonds is 5. The summed E-state index contributed by atoms with van der Waals surface area (Å²) in [6, 6.07) is -0.726. The van der Waals surface area contributed by atoms with Gasteiger partial charge in [0.05, 0.1) is 22.8 Å². The van der Waals surface area contributed by atoms with Crippen molar-refractivity contribution in [2.75, 3.05) is 24.3 Å². The van der Waals surface area contributed by atoms with Gasteiger partial charge in [-0.05, 0) is 19.8 Å². The van der Waals surface area contributed by atoms with Crippen molar-refractivity contribution in [1.82, 2.24) is 25.1 Å². The number of aromatic nitrogens is 3. The van der Waals surface area contributed by atoms with E-state index in [-0.39, 0.29) is 22.6 Å². The van der Waals surface area contributed by atoms with E-state index in [4.69, 9.17) is 10.6 Å². The van der Waals surface area contributed by atoms with Gasteiger partial charge in [-0.15, -0.1) is 0 Å². The number of nitrogens with zero attached hydrogens (tertiary/aromatic N) is 4. The monoisotopic (exact) mass is 433 g/mol. The van der Waals surface area contributed by atoms with E-state index in [1.54, 1.807) is 10.9 Å². The van der Waals surface area contributed by atoms with Crippen molar-refractivity contribution in [1.29, 1.82) is 0 Å². The first-order valence-corrected chi connectivity index (χ1v) is 10.7. The highest BCUT2D eigenvalue weighted by Gasteiger charge is 2.34. The summed E-state index contributed by atoms with van der Waals surface area (Å²) in [7, 11) is 0. The van der Waals surface area contributed by atoms with E-state index in [1.807, 2.05) is 6.92 Å². The van der Waals surface area contributed by atoms with Crippen LogP contribution in [0.5, 0.6) is 0 Å². The number of nitrogens with two attached hydrogens (primary N) is 1. The molecule has 0 radical (unpaired) electrons. The molecule has 0 spiro atoms. The van der Waals surface area contributed by atoms with Crippen molar-refractivity contribution in [2.24, 2.45) is 5.84 Å². The molecule has 2 fully saturated rings. The van der Waals surface area contributed by atoms with Gasteiger partial charge in [0.2, 0.25) is 0 Å². The molecule has 2 aliphatic heterocycles. The van der Waals surface area contributed by atoms with E-state index in [0.29, 0.717) is 41.5 Å². The minimum Gasteiger partial charge on any atom is -0.381 e. The van der Waals surface area contributed by atoms with Crippen LogP contribution in [0.3, 0.4) is 0 Å². The number of carbonyl (C=O) groups excluding carboxylic acids is 3. The van der Waals surface area contributed by atoms with Gasteiger partial charge in [0.15, 0.2) is 5.65 Å². The average Bonchev–Trinajstić information content (AvgIpc) is 3.39. The largest absolute Gasteiger partial charge is 0.381 e. The summed E-state index contributed by atoms with van der Waals surface area (Å²) in [5.74, 6) is 4.74. The van der Waals surface area contributed by atoms with Gasteiger partial charge in [0.25, 0.3) is 17.1 Å². The van der Waals surface area contributed by atoms with Crippen molar-refractivity contribution in [3.63, 3.8) is 0 Å². The number of hydrogen-bond acceptors (Lipinski definition) is 9. The predicted octanol–water partition coefficient (Wildman–Crippen LogP) is 0.710. The first kappa shape index (κ1) is 20.6. The number of anilines is 1. The number of carbonyl (C=O) groups is 3. The Morgan fingerprint density at radius 1 is 1.40 bits per heavy atom. The van der Waals surface area contributed by atoms with E-state index in [2.05, 4.69) is 20.7 Å². The predicted molar refractivity (Wildman–Crippen MR) is 111 cm³/mol. The molecule has 160 valence electrons. The molecule has 2 aromatic rings. The summed E-state index contributed by atoms with van der Waals surface area (Å²) in [4.78, 5) is 41.5. The Hall–Kier alpha value is -2.70. The molecule has 1 unspecified atom stereocenters.